The summed E-state index contributed by atoms with van der Waals surface area (Å²) < 4.78 is 42.3. The molecule has 3 rings (SSSR count). The van der Waals surface area contributed by atoms with E-state index in [0.29, 0.717) is 23.5 Å². The number of aromatic nitrogens is 2. The Morgan fingerprint density at radius 2 is 1.64 bits per heavy atom. The second-order valence-corrected chi connectivity index (χ2v) is 6.28. The van der Waals surface area contributed by atoms with E-state index in [1.54, 1.807) is 10.7 Å². The molecule has 0 aliphatic carbocycles. The van der Waals surface area contributed by atoms with Crippen molar-refractivity contribution < 1.29 is 13.2 Å². The number of halogens is 3. The Hall–Kier alpha value is -2.30. The van der Waals surface area contributed by atoms with E-state index in [-0.39, 0.29) is 5.52 Å². The van der Waals surface area contributed by atoms with Crippen LogP contribution in [-0.4, -0.2) is 9.78 Å². The summed E-state index contributed by atoms with van der Waals surface area (Å²) in [6.07, 6.45) is -2.58. The minimum Gasteiger partial charge on any atom is -0.263 e. The van der Waals surface area contributed by atoms with Gasteiger partial charge in [0.15, 0.2) is 0 Å². The van der Waals surface area contributed by atoms with Crippen LogP contribution in [0.25, 0.3) is 22.2 Å². The third-order valence-electron chi connectivity index (χ3n) is 4.71. The van der Waals surface area contributed by atoms with Crippen LogP contribution >= 0.6 is 0 Å². The van der Waals surface area contributed by atoms with Crippen LogP contribution < -0.4 is 0 Å². The molecule has 0 N–H and O–H groups in total. The van der Waals surface area contributed by atoms with E-state index in [9.17, 15) is 13.2 Å². The Morgan fingerprint density at radius 3 is 2.24 bits per heavy atom. The molecule has 2 aromatic carbocycles. The predicted molar refractivity (Wildman–Crippen MR) is 94.2 cm³/mol. The summed E-state index contributed by atoms with van der Waals surface area (Å²) >= 11 is 0. The van der Waals surface area contributed by atoms with Crippen molar-refractivity contribution in [3.63, 3.8) is 0 Å². The van der Waals surface area contributed by atoms with Gasteiger partial charge in [0.05, 0.1) is 11.1 Å². The molecule has 0 aliphatic rings. The fraction of sp³-hybridized carbons (Fsp3) is 0.350. The summed E-state index contributed by atoms with van der Waals surface area (Å²) in [6, 6.07) is 13.7. The lowest BCUT2D eigenvalue weighted by Gasteiger charge is -2.15. The second-order valence-electron chi connectivity index (χ2n) is 6.28. The van der Waals surface area contributed by atoms with E-state index in [1.807, 2.05) is 30.3 Å². The topological polar surface area (TPSA) is 17.8 Å². The molecule has 0 fully saturated rings. The Kier molecular flexibility index (Phi) is 4.84. The average Bonchev–Trinajstić information content (AvgIpc) is 2.98. The standard InChI is InChI=1S/C20H21F3N2/c1-3-14(4-2)13-25-19-16(11-8-12-17(19)20(21,22)23)18(24-25)15-9-6-5-7-10-15/h5-12,14H,3-4,13H2,1-2H3. The predicted octanol–water partition coefficient (Wildman–Crippen LogP) is 6.16. The Morgan fingerprint density at radius 1 is 0.960 bits per heavy atom. The van der Waals surface area contributed by atoms with Crippen molar-refractivity contribution in [3.05, 3.63) is 54.1 Å². The fourth-order valence-electron chi connectivity index (χ4n) is 3.20. The molecule has 1 aromatic heterocycles. The van der Waals surface area contributed by atoms with Crippen LogP contribution in [-0.2, 0) is 12.7 Å². The van der Waals surface area contributed by atoms with Gasteiger partial charge in [0.2, 0.25) is 0 Å². The summed E-state index contributed by atoms with van der Waals surface area (Å²) in [4.78, 5) is 0. The lowest BCUT2D eigenvalue weighted by atomic mass is 10.0. The van der Waals surface area contributed by atoms with Crippen LogP contribution in [0.5, 0.6) is 0 Å². The van der Waals surface area contributed by atoms with Crippen LogP contribution in [0.4, 0.5) is 13.2 Å². The molecule has 2 nitrogen and oxygen atoms in total. The van der Waals surface area contributed by atoms with Crippen molar-refractivity contribution in [1.29, 1.82) is 0 Å². The van der Waals surface area contributed by atoms with Crippen molar-refractivity contribution in [3.8, 4) is 11.3 Å². The summed E-state index contributed by atoms with van der Waals surface area (Å²) in [6.45, 7) is 4.61. The molecule has 0 atom stereocenters. The van der Waals surface area contributed by atoms with Gasteiger partial charge in [0.25, 0.3) is 0 Å². The van der Waals surface area contributed by atoms with E-state index in [4.69, 9.17) is 0 Å². The smallest absolute Gasteiger partial charge is 0.263 e. The average molecular weight is 346 g/mol. The zero-order valence-electron chi connectivity index (χ0n) is 14.3. The van der Waals surface area contributed by atoms with Crippen molar-refractivity contribution in [2.24, 2.45) is 5.92 Å². The number of para-hydroxylation sites is 1. The zero-order valence-corrected chi connectivity index (χ0v) is 14.3. The van der Waals surface area contributed by atoms with Crippen LogP contribution in [0.2, 0.25) is 0 Å². The molecule has 0 spiro atoms. The molecule has 0 unspecified atom stereocenters. The number of alkyl halides is 3. The first-order valence-corrected chi connectivity index (χ1v) is 8.57. The van der Waals surface area contributed by atoms with Crippen molar-refractivity contribution >= 4 is 10.9 Å². The highest BCUT2D eigenvalue weighted by atomic mass is 19.4. The lowest BCUT2D eigenvalue weighted by molar-refractivity contribution is -0.136. The van der Waals surface area contributed by atoms with E-state index in [0.717, 1.165) is 24.5 Å². The minimum absolute atomic E-state index is 0.181. The van der Waals surface area contributed by atoms with Gasteiger partial charge in [-0.1, -0.05) is 69.2 Å². The van der Waals surface area contributed by atoms with E-state index >= 15 is 0 Å². The molecule has 3 aromatic rings. The minimum atomic E-state index is -4.40. The van der Waals surface area contributed by atoms with Crippen LogP contribution in [0.1, 0.15) is 32.3 Å². The maximum Gasteiger partial charge on any atom is 0.418 e. The molecule has 0 aliphatic heterocycles. The summed E-state index contributed by atoms with van der Waals surface area (Å²) in [5.74, 6) is 0.299. The first-order chi connectivity index (χ1) is 12.0. The zero-order chi connectivity index (χ0) is 18.0. The highest BCUT2D eigenvalue weighted by molar-refractivity contribution is 5.95. The molecule has 0 radical (unpaired) electrons. The van der Waals surface area contributed by atoms with Gasteiger partial charge in [-0.15, -0.1) is 0 Å². The van der Waals surface area contributed by atoms with Gasteiger partial charge in [0, 0.05) is 17.5 Å². The maximum absolute atomic E-state index is 13.6. The van der Waals surface area contributed by atoms with Gasteiger partial charge in [-0.2, -0.15) is 18.3 Å². The van der Waals surface area contributed by atoms with Gasteiger partial charge in [-0.05, 0) is 12.0 Å². The molecule has 1 heterocycles. The van der Waals surface area contributed by atoms with Crippen LogP contribution in [0, 0.1) is 5.92 Å². The molecule has 0 saturated carbocycles. The van der Waals surface area contributed by atoms with E-state index in [2.05, 4.69) is 18.9 Å². The van der Waals surface area contributed by atoms with Crippen molar-refractivity contribution in [2.75, 3.05) is 0 Å². The number of nitrogens with zero attached hydrogens (tertiary/aromatic N) is 2. The summed E-state index contributed by atoms with van der Waals surface area (Å²) in [5.41, 5.74) is 0.995. The normalized spacial score (nSPS) is 12.2. The molecular weight excluding hydrogens is 325 g/mol. The monoisotopic (exact) mass is 346 g/mol. The third kappa shape index (κ3) is 3.41. The quantitative estimate of drug-likeness (QED) is 0.541. The number of rotatable bonds is 5. The SMILES string of the molecule is CCC(CC)Cn1nc(-c2ccccc2)c2cccc(C(F)(F)F)c21. The largest absolute Gasteiger partial charge is 0.418 e. The maximum atomic E-state index is 13.6. The fourth-order valence-corrected chi connectivity index (χ4v) is 3.20. The van der Waals surface area contributed by atoms with Gasteiger partial charge in [-0.3, -0.25) is 4.68 Å². The number of hydrogen-bond acceptors (Lipinski definition) is 1. The molecule has 0 saturated heterocycles. The second kappa shape index (κ2) is 6.90. The van der Waals surface area contributed by atoms with E-state index in [1.165, 1.54) is 6.07 Å². The highest BCUT2D eigenvalue weighted by Crippen LogP contribution is 2.38. The third-order valence-corrected chi connectivity index (χ3v) is 4.71. The number of fused-ring (bicyclic) bond motifs is 1. The Balaban J connectivity index is 2.26. The molecular formula is C20H21F3N2. The lowest BCUT2D eigenvalue weighted by Crippen LogP contribution is -2.14. The summed E-state index contributed by atoms with van der Waals surface area (Å²) in [5, 5.41) is 5.13. The molecule has 132 valence electrons. The van der Waals surface area contributed by atoms with Gasteiger partial charge >= 0.3 is 6.18 Å². The van der Waals surface area contributed by atoms with Crippen molar-refractivity contribution in [2.45, 2.75) is 39.4 Å². The molecule has 0 bridgehead atoms. The number of hydrogen-bond donors (Lipinski definition) is 0. The Labute approximate surface area is 145 Å². The molecule has 25 heavy (non-hydrogen) atoms. The van der Waals surface area contributed by atoms with Crippen molar-refractivity contribution in [1.82, 2.24) is 9.78 Å². The highest BCUT2D eigenvalue weighted by Gasteiger charge is 2.35. The van der Waals surface area contributed by atoms with Crippen LogP contribution in [0.15, 0.2) is 48.5 Å². The molecule has 0 amide bonds. The van der Waals surface area contributed by atoms with Gasteiger partial charge in [-0.25, -0.2) is 0 Å². The summed E-state index contributed by atoms with van der Waals surface area (Å²) in [7, 11) is 0. The Bertz CT molecular complexity index is 846. The molecule has 5 heteroatoms. The van der Waals surface area contributed by atoms with Gasteiger partial charge in [0.1, 0.15) is 5.69 Å². The number of benzene rings is 2. The van der Waals surface area contributed by atoms with Gasteiger partial charge < -0.3 is 0 Å². The van der Waals surface area contributed by atoms with E-state index < -0.39 is 11.7 Å². The van der Waals surface area contributed by atoms with Crippen LogP contribution in [0.3, 0.4) is 0 Å². The first-order valence-electron chi connectivity index (χ1n) is 8.57. The first kappa shape index (κ1) is 17.5.